The molecule has 1 aromatic heterocycles. The number of anilines is 1. The van der Waals surface area contributed by atoms with Gasteiger partial charge in [0.05, 0.1) is 22.8 Å². The minimum atomic E-state index is -4.88. The van der Waals surface area contributed by atoms with E-state index in [-0.39, 0.29) is 22.8 Å². The summed E-state index contributed by atoms with van der Waals surface area (Å²) in [7, 11) is 0. The third kappa shape index (κ3) is 2.90. The Bertz CT molecular complexity index is 441. The Hall–Kier alpha value is -1.68. The molecule has 0 spiro atoms. The second-order valence-electron chi connectivity index (χ2n) is 2.66. The molecule has 0 saturated heterocycles. The number of aromatic nitrogens is 1. The van der Waals surface area contributed by atoms with E-state index in [0.29, 0.717) is 0 Å². The fourth-order valence-electron chi connectivity index (χ4n) is 0.947. The molecule has 4 nitrogen and oxygen atoms in total. The summed E-state index contributed by atoms with van der Waals surface area (Å²) in [5, 5.41) is 8.62. The number of rotatable bonds is 2. The molecule has 0 saturated carbocycles. The lowest BCUT2D eigenvalue weighted by Crippen LogP contribution is -2.18. The maximum Gasteiger partial charge on any atom is 0.574 e. The zero-order valence-corrected chi connectivity index (χ0v) is 8.43. The number of ether oxygens (including phenoxy) is 1. The van der Waals surface area contributed by atoms with E-state index >= 15 is 0 Å². The first kappa shape index (κ1) is 12.4. The summed E-state index contributed by atoms with van der Waals surface area (Å²) in [5.74, 6) is -0.968. The standard InChI is InChI=1S/C8H5ClF3N3O/c9-2-5-7(14)4(3-13)1-6(15-5)16-8(10,11)12/h1H,2,14H2. The highest BCUT2D eigenvalue weighted by atomic mass is 35.5. The van der Waals surface area contributed by atoms with Crippen LogP contribution in [0.1, 0.15) is 11.3 Å². The van der Waals surface area contributed by atoms with Crippen molar-refractivity contribution in [1.29, 1.82) is 5.26 Å². The van der Waals surface area contributed by atoms with Crippen molar-refractivity contribution in [3.63, 3.8) is 0 Å². The SMILES string of the molecule is N#Cc1cc(OC(F)(F)F)nc(CCl)c1N. The van der Waals surface area contributed by atoms with Crippen LogP contribution in [0.3, 0.4) is 0 Å². The van der Waals surface area contributed by atoms with Crippen LogP contribution in [0.5, 0.6) is 5.88 Å². The lowest BCUT2D eigenvalue weighted by molar-refractivity contribution is -0.276. The quantitative estimate of drug-likeness (QED) is 0.818. The molecule has 0 fully saturated rings. The topological polar surface area (TPSA) is 71.9 Å². The van der Waals surface area contributed by atoms with Gasteiger partial charge in [-0.1, -0.05) is 0 Å². The van der Waals surface area contributed by atoms with Crippen molar-refractivity contribution in [3.8, 4) is 11.9 Å². The number of halogens is 4. The van der Waals surface area contributed by atoms with Crippen molar-refractivity contribution < 1.29 is 17.9 Å². The van der Waals surface area contributed by atoms with E-state index in [1.807, 2.05) is 0 Å². The highest BCUT2D eigenvalue weighted by molar-refractivity contribution is 6.17. The number of hydrogen-bond acceptors (Lipinski definition) is 4. The Balaban J connectivity index is 3.19. The fourth-order valence-corrected chi connectivity index (χ4v) is 1.15. The fraction of sp³-hybridized carbons (Fsp3) is 0.250. The molecule has 0 atom stereocenters. The van der Waals surface area contributed by atoms with Crippen LogP contribution in [-0.4, -0.2) is 11.3 Å². The van der Waals surface area contributed by atoms with Crippen LogP contribution in [0, 0.1) is 11.3 Å². The van der Waals surface area contributed by atoms with Gasteiger partial charge < -0.3 is 10.5 Å². The third-order valence-electron chi connectivity index (χ3n) is 1.58. The number of nitriles is 1. The largest absolute Gasteiger partial charge is 0.574 e. The van der Waals surface area contributed by atoms with Crippen LogP contribution >= 0.6 is 11.6 Å². The molecule has 1 heterocycles. The van der Waals surface area contributed by atoms with Gasteiger partial charge >= 0.3 is 6.36 Å². The highest BCUT2D eigenvalue weighted by Gasteiger charge is 2.32. The molecule has 1 rings (SSSR count). The molecule has 16 heavy (non-hydrogen) atoms. The van der Waals surface area contributed by atoms with Crippen molar-refractivity contribution >= 4 is 17.3 Å². The average Bonchev–Trinajstić information content (AvgIpc) is 2.18. The predicted molar refractivity (Wildman–Crippen MR) is 49.6 cm³/mol. The number of nitrogens with zero attached hydrogens (tertiary/aromatic N) is 2. The number of pyridine rings is 1. The van der Waals surface area contributed by atoms with Gasteiger partial charge in [-0.25, -0.2) is 4.98 Å². The molecule has 0 aromatic carbocycles. The van der Waals surface area contributed by atoms with Gasteiger partial charge in [0.15, 0.2) is 0 Å². The molecule has 0 unspecified atom stereocenters. The van der Waals surface area contributed by atoms with E-state index in [0.717, 1.165) is 6.07 Å². The zero-order chi connectivity index (χ0) is 12.3. The molecule has 0 bridgehead atoms. The minimum absolute atomic E-state index is 0.0278. The van der Waals surface area contributed by atoms with Crippen LogP contribution in [0.2, 0.25) is 0 Å². The van der Waals surface area contributed by atoms with Crippen molar-refractivity contribution in [3.05, 3.63) is 17.3 Å². The van der Waals surface area contributed by atoms with Crippen molar-refractivity contribution in [2.75, 3.05) is 5.73 Å². The maximum atomic E-state index is 11.9. The van der Waals surface area contributed by atoms with Gasteiger partial charge in [0.1, 0.15) is 6.07 Å². The Morgan fingerprint density at radius 2 is 2.19 bits per heavy atom. The molecule has 0 radical (unpaired) electrons. The smallest absolute Gasteiger partial charge is 0.396 e. The van der Waals surface area contributed by atoms with Gasteiger partial charge in [0, 0.05) is 6.07 Å². The molecule has 8 heteroatoms. The number of hydrogen-bond donors (Lipinski definition) is 1. The molecule has 2 N–H and O–H groups in total. The third-order valence-corrected chi connectivity index (χ3v) is 1.83. The van der Waals surface area contributed by atoms with E-state index in [1.54, 1.807) is 6.07 Å². The second kappa shape index (κ2) is 4.45. The molecular formula is C8H5ClF3N3O. The van der Waals surface area contributed by atoms with Crippen molar-refractivity contribution in [2.45, 2.75) is 12.2 Å². The summed E-state index contributed by atoms with van der Waals surface area (Å²) in [6.07, 6.45) is -4.88. The highest BCUT2D eigenvalue weighted by Crippen LogP contribution is 2.26. The van der Waals surface area contributed by atoms with Crippen LogP contribution in [0.15, 0.2) is 6.07 Å². The summed E-state index contributed by atoms with van der Waals surface area (Å²) in [6.45, 7) is 0. The van der Waals surface area contributed by atoms with E-state index in [4.69, 9.17) is 22.6 Å². The van der Waals surface area contributed by atoms with Crippen LogP contribution in [0.4, 0.5) is 18.9 Å². The monoisotopic (exact) mass is 251 g/mol. The van der Waals surface area contributed by atoms with Gasteiger partial charge in [0.2, 0.25) is 5.88 Å². The summed E-state index contributed by atoms with van der Waals surface area (Å²) >= 11 is 5.42. The Morgan fingerprint density at radius 1 is 1.56 bits per heavy atom. The Morgan fingerprint density at radius 3 is 2.62 bits per heavy atom. The van der Waals surface area contributed by atoms with Crippen LogP contribution in [-0.2, 0) is 5.88 Å². The lowest BCUT2D eigenvalue weighted by atomic mass is 10.2. The van der Waals surface area contributed by atoms with E-state index < -0.39 is 12.2 Å². The molecular weight excluding hydrogens is 247 g/mol. The Labute approximate surface area is 93.4 Å². The van der Waals surface area contributed by atoms with E-state index in [2.05, 4.69) is 9.72 Å². The summed E-state index contributed by atoms with van der Waals surface area (Å²) in [6, 6.07) is 2.43. The molecule has 0 aliphatic carbocycles. The molecule has 0 amide bonds. The second-order valence-corrected chi connectivity index (χ2v) is 2.93. The van der Waals surface area contributed by atoms with Crippen molar-refractivity contribution in [1.82, 2.24) is 4.98 Å². The summed E-state index contributed by atoms with van der Waals surface area (Å²) in [5.41, 5.74) is 5.19. The van der Waals surface area contributed by atoms with E-state index in [1.165, 1.54) is 0 Å². The normalized spacial score (nSPS) is 10.9. The molecule has 0 aliphatic heterocycles. The van der Waals surface area contributed by atoms with E-state index in [9.17, 15) is 13.2 Å². The minimum Gasteiger partial charge on any atom is -0.396 e. The van der Waals surface area contributed by atoms with Crippen LogP contribution in [0.25, 0.3) is 0 Å². The van der Waals surface area contributed by atoms with Crippen molar-refractivity contribution in [2.24, 2.45) is 0 Å². The molecule has 1 aromatic rings. The number of nitrogens with two attached hydrogens (primary N) is 1. The molecule has 86 valence electrons. The van der Waals surface area contributed by atoms with Gasteiger partial charge in [-0.2, -0.15) is 5.26 Å². The van der Waals surface area contributed by atoms with Gasteiger partial charge in [-0.15, -0.1) is 24.8 Å². The lowest BCUT2D eigenvalue weighted by Gasteiger charge is -2.10. The van der Waals surface area contributed by atoms with Crippen LogP contribution < -0.4 is 10.5 Å². The maximum absolute atomic E-state index is 11.9. The predicted octanol–water partition coefficient (Wildman–Crippen LogP) is 2.17. The van der Waals surface area contributed by atoms with Gasteiger partial charge in [-0.3, -0.25) is 0 Å². The number of nitrogen functional groups attached to an aromatic ring is 1. The number of alkyl halides is 4. The Kier molecular flexibility index (Phi) is 3.44. The first-order valence-electron chi connectivity index (χ1n) is 3.88. The summed E-state index contributed by atoms with van der Waals surface area (Å²) in [4.78, 5) is 3.43. The van der Waals surface area contributed by atoms with Gasteiger partial charge in [0.25, 0.3) is 0 Å². The summed E-state index contributed by atoms with van der Waals surface area (Å²) < 4.78 is 39.3. The average molecular weight is 252 g/mol. The molecule has 0 aliphatic rings. The van der Waals surface area contributed by atoms with Gasteiger partial charge in [-0.05, 0) is 0 Å². The first-order chi connectivity index (χ1) is 7.37. The zero-order valence-electron chi connectivity index (χ0n) is 7.68. The first-order valence-corrected chi connectivity index (χ1v) is 4.42.